The Kier molecular flexibility index (Phi) is 5.92. The van der Waals surface area contributed by atoms with E-state index < -0.39 is 4.92 Å². The van der Waals surface area contributed by atoms with Crippen LogP contribution in [-0.4, -0.2) is 22.7 Å². The van der Waals surface area contributed by atoms with Gasteiger partial charge in [-0.15, -0.1) is 0 Å². The number of aliphatic hydroxyl groups is 1. The fraction of sp³-hybridized carbons (Fsp3) is 0.571. The van der Waals surface area contributed by atoms with Crippen LogP contribution in [0.5, 0.6) is 0 Å². The van der Waals surface area contributed by atoms with Crippen molar-refractivity contribution in [2.45, 2.75) is 39.8 Å². The van der Waals surface area contributed by atoms with Gasteiger partial charge in [-0.2, -0.15) is 0 Å². The maximum absolute atomic E-state index is 10.7. The summed E-state index contributed by atoms with van der Waals surface area (Å²) in [4.78, 5) is 10.2. The summed E-state index contributed by atoms with van der Waals surface area (Å²) < 4.78 is 0. The second-order valence-corrected chi connectivity index (χ2v) is 6.25. The third-order valence-corrected chi connectivity index (χ3v) is 3.60. The zero-order chi connectivity index (χ0) is 15.3. The van der Waals surface area contributed by atoms with Crippen molar-refractivity contribution in [3.63, 3.8) is 0 Å². The molecule has 0 aliphatic rings. The van der Waals surface area contributed by atoms with Crippen molar-refractivity contribution in [2.75, 3.05) is 6.61 Å². The number of halogens is 1. The van der Waals surface area contributed by atoms with Crippen LogP contribution in [0.4, 0.5) is 5.69 Å². The molecule has 0 saturated carbocycles. The number of hydrogen-bond donors (Lipinski definition) is 2. The average Bonchev–Trinajstić information content (AvgIpc) is 2.34. The zero-order valence-corrected chi connectivity index (χ0v) is 12.8. The molecule has 0 amide bonds. The Morgan fingerprint density at radius 3 is 2.55 bits per heavy atom. The molecule has 0 spiro atoms. The third-order valence-electron chi connectivity index (χ3n) is 3.25. The zero-order valence-electron chi connectivity index (χ0n) is 12.0. The highest BCUT2D eigenvalue weighted by molar-refractivity contribution is 6.31. The summed E-state index contributed by atoms with van der Waals surface area (Å²) in [6.45, 7) is 6.91. The summed E-state index contributed by atoms with van der Waals surface area (Å²) in [5, 5.41) is 23.5. The van der Waals surface area contributed by atoms with Crippen molar-refractivity contribution in [1.82, 2.24) is 5.32 Å². The van der Waals surface area contributed by atoms with Crippen molar-refractivity contribution in [2.24, 2.45) is 5.41 Å². The first-order valence-electron chi connectivity index (χ1n) is 6.52. The van der Waals surface area contributed by atoms with E-state index in [0.29, 0.717) is 18.0 Å². The fourth-order valence-electron chi connectivity index (χ4n) is 2.00. The SMILES string of the molecule is CC(C)(C)C(CCO)NCc1ccc([N+](=O)[O-])cc1Cl. The minimum Gasteiger partial charge on any atom is -0.396 e. The minimum atomic E-state index is -0.465. The van der Waals surface area contributed by atoms with E-state index in [-0.39, 0.29) is 23.8 Å². The standard InChI is InChI=1S/C14H21ClN2O3/c1-14(2,3)13(6-7-18)16-9-10-4-5-11(17(19)20)8-12(10)15/h4-5,8,13,16,18H,6-7,9H2,1-3H3. The Bertz CT molecular complexity index is 472. The maximum atomic E-state index is 10.7. The molecule has 6 heteroatoms. The van der Waals surface area contributed by atoms with E-state index in [1.165, 1.54) is 12.1 Å². The van der Waals surface area contributed by atoms with Gasteiger partial charge >= 0.3 is 0 Å². The quantitative estimate of drug-likeness (QED) is 0.625. The second-order valence-electron chi connectivity index (χ2n) is 5.84. The molecule has 1 aromatic rings. The molecule has 1 atom stereocenters. The van der Waals surface area contributed by atoms with Crippen molar-refractivity contribution < 1.29 is 10.0 Å². The van der Waals surface area contributed by atoms with Gasteiger partial charge in [-0.25, -0.2) is 0 Å². The van der Waals surface area contributed by atoms with Gasteiger partial charge in [-0.05, 0) is 23.5 Å². The first-order valence-corrected chi connectivity index (χ1v) is 6.90. The molecule has 0 saturated heterocycles. The van der Waals surface area contributed by atoms with Crippen molar-refractivity contribution in [3.8, 4) is 0 Å². The number of nitrogens with one attached hydrogen (secondary N) is 1. The fourth-order valence-corrected chi connectivity index (χ4v) is 2.24. The van der Waals surface area contributed by atoms with E-state index in [1.807, 2.05) is 0 Å². The van der Waals surface area contributed by atoms with Gasteiger partial charge in [0, 0.05) is 31.3 Å². The largest absolute Gasteiger partial charge is 0.396 e. The Morgan fingerprint density at radius 1 is 1.45 bits per heavy atom. The minimum absolute atomic E-state index is 0.00990. The van der Waals surface area contributed by atoms with Crippen LogP contribution < -0.4 is 5.32 Å². The number of non-ortho nitro benzene ring substituents is 1. The van der Waals surface area contributed by atoms with Crippen LogP contribution in [0.25, 0.3) is 0 Å². The Labute approximate surface area is 124 Å². The Hall–Kier alpha value is -1.17. The summed E-state index contributed by atoms with van der Waals surface area (Å²) in [6.07, 6.45) is 0.647. The molecule has 0 aliphatic heterocycles. The van der Waals surface area contributed by atoms with E-state index in [9.17, 15) is 10.1 Å². The van der Waals surface area contributed by atoms with Crippen LogP contribution in [0, 0.1) is 15.5 Å². The maximum Gasteiger partial charge on any atom is 0.270 e. The lowest BCUT2D eigenvalue weighted by Gasteiger charge is -2.31. The normalized spacial score (nSPS) is 13.2. The molecule has 1 rings (SSSR count). The van der Waals surface area contributed by atoms with E-state index in [2.05, 4.69) is 26.1 Å². The lowest BCUT2D eigenvalue weighted by molar-refractivity contribution is -0.384. The molecule has 5 nitrogen and oxygen atoms in total. The van der Waals surface area contributed by atoms with E-state index >= 15 is 0 Å². The highest BCUT2D eigenvalue weighted by Crippen LogP contribution is 2.25. The van der Waals surface area contributed by atoms with Gasteiger partial charge in [0.05, 0.1) is 9.95 Å². The number of nitrogens with zero attached hydrogens (tertiary/aromatic N) is 1. The van der Waals surface area contributed by atoms with E-state index in [4.69, 9.17) is 16.7 Å². The van der Waals surface area contributed by atoms with Crippen molar-refractivity contribution >= 4 is 17.3 Å². The van der Waals surface area contributed by atoms with Gasteiger partial charge in [0.25, 0.3) is 5.69 Å². The lowest BCUT2D eigenvalue weighted by atomic mass is 9.85. The van der Waals surface area contributed by atoms with Crippen LogP contribution in [0.15, 0.2) is 18.2 Å². The highest BCUT2D eigenvalue weighted by Gasteiger charge is 2.23. The molecule has 1 aromatic carbocycles. The summed E-state index contributed by atoms with van der Waals surface area (Å²) >= 11 is 6.05. The smallest absolute Gasteiger partial charge is 0.270 e. The number of nitro groups is 1. The molecular formula is C14H21ClN2O3. The summed E-state index contributed by atoms with van der Waals surface area (Å²) in [6, 6.07) is 4.60. The van der Waals surface area contributed by atoms with Gasteiger partial charge in [0.1, 0.15) is 0 Å². The van der Waals surface area contributed by atoms with Gasteiger partial charge < -0.3 is 10.4 Å². The molecule has 112 valence electrons. The predicted molar refractivity (Wildman–Crippen MR) is 79.9 cm³/mol. The lowest BCUT2D eigenvalue weighted by Crippen LogP contribution is -2.40. The first kappa shape index (κ1) is 16.9. The van der Waals surface area contributed by atoms with Crippen LogP contribution in [-0.2, 0) is 6.54 Å². The van der Waals surface area contributed by atoms with Gasteiger partial charge in [0.15, 0.2) is 0 Å². The summed E-state index contributed by atoms with van der Waals surface area (Å²) in [5.41, 5.74) is 0.807. The molecular weight excluding hydrogens is 280 g/mol. The summed E-state index contributed by atoms with van der Waals surface area (Å²) in [7, 11) is 0. The molecule has 2 N–H and O–H groups in total. The van der Waals surface area contributed by atoms with Gasteiger partial charge in [-0.1, -0.05) is 32.4 Å². The number of nitro benzene ring substituents is 1. The molecule has 0 radical (unpaired) electrons. The molecule has 0 bridgehead atoms. The van der Waals surface area contributed by atoms with E-state index in [0.717, 1.165) is 5.56 Å². The number of aliphatic hydroxyl groups excluding tert-OH is 1. The summed E-state index contributed by atoms with van der Waals surface area (Å²) in [5.74, 6) is 0. The Balaban J connectivity index is 2.76. The molecule has 0 heterocycles. The van der Waals surface area contributed by atoms with Crippen LogP contribution in [0.2, 0.25) is 5.02 Å². The van der Waals surface area contributed by atoms with Gasteiger partial charge in [0.2, 0.25) is 0 Å². The van der Waals surface area contributed by atoms with Crippen LogP contribution in [0.1, 0.15) is 32.8 Å². The van der Waals surface area contributed by atoms with Crippen LogP contribution in [0.3, 0.4) is 0 Å². The second kappa shape index (κ2) is 7.02. The van der Waals surface area contributed by atoms with Crippen molar-refractivity contribution in [3.05, 3.63) is 38.9 Å². The Morgan fingerprint density at radius 2 is 2.10 bits per heavy atom. The van der Waals surface area contributed by atoms with E-state index in [1.54, 1.807) is 6.07 Å². The number of hydrogen-bond acceptors (Lipinski definition) is 4. The molecule has 0 aliphatic carbocycles. The molecule has 0 aromatic heterocycles. The average molecular weight is 301 g/mol. The van der Waals surface area contributed by atoms with Crippen LogP contribution >= 0.6 is 11.6 Å². The predicted octanol–water partition coefficient (Wildman–Crippen LogP) is 3.13. The molecule has 0 fully saturated rings. The number of benzene rings is 1. The molecule has 1 unspecified atom stereocenters. The highest BCUT2D eigenvalue weighted by atomic mass is 35.5. The van der Waals surface area contributed by atoms with Crippen molar-refractivity contribution in [1.29, 1.82) is 0 Å². The topological polar surface area (TPSA) is 75.4 Å². The van der Waals surface area contributed by atoms with Gasteiger partial charge in [-0.3, -0.25) is 10.1 Å². The first-order chi connectivity index (χ1) is 9.25. The molecule has 20 heavy (non-hydrogen) atoms. The monoisotopic (exact) mass is 300 g/mol. The third kappa shape index (κ3) is 4.74. The number of rotatable bonds is 6.